The lowest BCUT2D eigenvalue weighted by atomic mass is 10.1. The number of fused-ring (bicyclic) bond motifs is 1. The van der Waals surface area contributed by atoms with Gasteiger partial charge < -0.3 is 9.64 Å². The van der Waals surface area contributed by atoms with E-state index in [-0.39, 0.29) is 18.2 Å². The SMILES string of the molecule is Cc1nc2c(s1)CCN(C(=O)Cn1nc(-c3ccc(OC(F)F)cn3)cc1-c1ccccc1)CC2. The summed E-state index contributed by atoms with van der Waals surface area (Å²) in [7, 11) is 0. The summed E-state index contributed by atoms with van der Waals surface area (Å²) >= 11 is 1.70. The Morgan fingerprint density at radius 2 is 1.91 bits per heavy atom. The van der Waals surface area contributed by atoms with Crippen LogP contribution in [0.4, 0.5) is 8.78 Å². The number of aromatic nitrogens is 4. The van der Waals surface area contributed by atoms with Gasteiger partial charge in [-0.3, -0.25) is 14.5 Å². The molecule has 0 fully saturated rings. The first-order valence-electron chi connectivity index (χ1n) is 11.2. The number of hydrogen-bond acceptors (Lipinski definition) is 6. The molecule has 3 aromatic heterocycles. The first kappa shape index (κ1) is 23.1. The molecule has 5 rings (SSSR count). The number of amides is 1. The van der Waals surface area contributed by atoms with Crippen LogP contribution in [-0.2, 0) is 24.2 Å². The van der Waals surface area contributed by atoms with Crippen LogP contribution >= 0.6 is 11.3 Å². The van der Waals surface area contributed by atoms with Gasteiger partial charge in [0.05, 0.1) is 28.3 Å². The van der Waals surface area contributed by atoms with E-state index >= 15 is 0 Å². The third kappa shape index (κ3) is 5.22. The molecule has 0 atom stereocenters. The number of thiazole rings is 1. The fourth-order valence-corrected chi connectivity index (χ4v) is 5.15. The quantitative estimate of drug-likeness (QED) is 0.391. The number of pyridine rings is 1. The summed E-state index contributed by atoms with van der Waals surface area (Å²) in [6, 6.07) is 14.5. The minimum atomic E-state index is -2.91. The van der Waals surface area contributed by atoms with Gasteiger partial charge in [0, 0.05) is 30.8 Å². The van der Waals surface area contributed by atoms with Crippen LogP contribution in [-0.4, -0.2) is 50.3 Å². The van der Waals surface area contributed by atoms with E-state index in [1.54, 1.807) is 22.1 Å². The molecule has 4 aromatic rings. The van der Waals surface area contributed by atoms with Crippen molar-refractivity contribution in [1.29, 1.82) is 0 Å². The summed E-state index contributed by atoms with van der Waals surface area (Å²) in [6.45, 7) is 0.447. The van der Waals surface area contributed by atoms with Crippen LogP contribution < -0.4 is 4.74 Å². The molecule has 0 N–H and O–H groups in total. The minimum absolute atomic E-state index is 0.0163. The number of nitrogens with zero attached hydrogens (tertiary/aromatic N) is 5. The van der Waals surface area contributed by atoms with Crippen LogP contribution in [0.5, 0.6) is 5.75 Å². The predicted molar refractivity (Wildman–Crippen MR) is 128 cm³/mol. The van der Waals surface area contributed by atoms with Crippen molar-refractivity contribution in [3.8, 4) is 28.4 Å². The third-order valence-corrected chi connectivity index (χ3v) is 6.90. The van der Waals surface area contributed by atoms with E-state index in [4.69, 9.17) is 0 Å². The molecule has 1 aliphatic heterocycles. The molecule has 0 unspecified atom stereocenters. The second kappa shape index (κ2) is 9.91. The smallest absolute Gasteiger partial charge is 0.387 e. The molecule has 0 bridgehead atoms. The van der Waals surface area contributed by atoms with Gasteiger partial charge in [-0.1, -0.05) is 30.3 Å². The lowest BCUT2D eigenvalue weighted by Crippen LogP contribution is -2.36. The zero-order valence-electron chi connectivity index (χ0n) is 19.0. The van der Waals surface area contributed by atoms with E-state index in [9.17, 15) is 13.6 Å². The normalized spacial score (nSPS) is 13.5. The Morgan fingerprint density at radius 1 is 1.11 bits per heavy atom. The van der Waals surface area contributed by atoms with Crippen molar-refractivity contribution in [3.63, 3.8) is 0 Å². The Morgan fingerprint density at radius 3 is 2.66 bits per heavy atom. The monoisotopic (exact) mass is 495 g/mol. The van der Waals surface area contributed by atoms with Crippen LogP contribution in [0.3, 0.4) is 0 Å². The molecule has 0 aliphatic carbocycles. The average molecular weight is 496 g/mol. The number of ether oxygens (including phenoxy) is 1. The van der Waals surface area contributed by atoms with Crippen molar-refractivity contribution >= 4 is 17.2 Å². The van der Waals surface area contributed by atoms with E-state index in [1.165, 1.54) is 17.1 Å². The van der Waals surface area contributed by atoms with E-state index < -0.39 is 6.61 Å². The highest BCUT2D eigenvalue weighted by molar-refractivity contribution is 7.11. The molecule has 0 radical (unpaired) electrons. The summed E-state index contributed by atoms with van der Waals surface area (Å²) in [5.41, 5.74) is 3.82. The van der Waals surface area contributed by atoms with Gasteiger partial charge >= 0.3 is 6.61 Å². The fraction of sp³-hybridized carbons (Fsp3) is 0.280. The Labute approximate surface area is 205 Å². The maximum Gasteiger partial charge on any atom is 0.387 e. The number of benzene rings is 1. The third-order valence-electron chi connectivity index (χ3n) is 5.82. The second-order valence-corrected chi connectivity index (χ2v) is 9.47. The first-order chi connectivity index (χ1) is 17.0. The van der Waals surface area contributed by atoms with Crippen LogP contribution in [0.2, 0.25) is 0 Å². The molecule has 7 nitrogen and oxygen atoms in total. The summed E-state index contributed by atoms with van der Waals surface area (Å²) in [4.78, 5) is 25.2. The maximum absolute atomic E-state index is 13.3. The van der Waals surface area contributed by atoms with Gasteiger partial charge in [0.2, 0.25) is 5.91 Å². The van der Waals surface area contributed by atoms with Crippen LogP contribution in [0, 0.1) is 6.92 Å². The van der Waals surface area contributed by atoms with Gasteiger partial charge in [-0.25, -0.2) is 4.98 Å². The fourth-order valence-electron chi connectivity index (χ4n) is 4.18. The molecule has 180 valence electrons. The number of halogens is 2. The standard InChI is InChI=1S/C25H23F2N5O2S/c1-16-29-20-9-11-31(12-10-23(20)35-16)24(33)15-32-22(17-5-3-2-4-6-17)13-21(30-32)19-8-7-18(14-28-19)34-25(26)27/h2-8,13-14,25H,9-12,15H2,1H3. The maximum atomic E-state index is 13.3. The van der Waals surface area contributed by atoms with Crippen molar-refractivity contribution in [2.75, 3.05) is 13.1 Å². The van der Waals surface area contributed by atoms with Crippen LogP contribution in [0.25, 0.3) is 22.6 Å². The predicted octanol–water partition coefficient (Wildman–Crippen LogP) is 4.61. The lowest BCUT2D eigenvalue weighted by molar-refractivity contribution is -0.131. The minimum Gasteiger partial charge on any atom is -0.433 e. The highest BCUT2D eigenvalue weighted by Gasteiger charge is 2.23. The van der Waals surface area contributed by atoms with Gasteiger partial charge in [0.15, 0.2) is 0 Å². The number of hydrogen-bond donors (Lipinski definition) is 0. The molecular weight excluding hydrogens is 472 g/mol. The van der Waals surface area contributed by atoms with Gasteiger partial charge in [-0.05, 0) is 30.7 Å². The number of rotatable bonds is 6. The molecule has 10 heteroatoms. The molecule has 0 saturated heterocycles. The number of aryl methyl sites for hydroxylation is 1. The summed E-state index contributed by atoms with van der Waals surface area (Å²) < 4.78 is 31.0. The second-order valence-electron chi connectivity index (χ2n) is 8.18. The molecule has 0 saturated carbocycles. The number of carbonyl (C=O) groups is 1. The van der Waals surface area contributed by atoms with E-state index in [2.05, 4.69) is 19.8 Å². The zero-order chi connectivity index (χ0) is 24.4. The molecule has 1 aromatic carbocycles. The van der Waals surface area contributed by atoms with Crippen LogP contribution in [0.15, 0.2) is 54.7 Å². The van der Waals surface area contributed by atoms with E-state index in [0.717, 1.165) is 34.8 Å². The van der Waals surface area contributed by atoms with Crippen LogP contribution in [0.1, 0.15) is 15.6 Å². The summed E-state index contributed by atoms with van der Waals surface area (Å²) in [5, 5.41) is 5.72. The van der Waals surface area contributed by atoms with Crippen molar-refractivity contribution < 1.29 is 18.3 Å². The van der Waals surface area contributed by atoms with Crippen molar-refractivity contribution in [2.24, 2.45) is 0 Å². The van der Waals surface area contributed by atoms with Gasteiger partial charge in [0.1, 0.15) is 18.0 Å². The van der Waals surface area contributed by atoms with Crippen molar-refractivity contribution in [2.45, 2.75) is 32.9 Å². The zero-order valence-corrected chi connectivity index (χ0v) is 19.8. The molecule has 1 aliphatic rings. The highest BCUT2D eigenvalue weighted by Crippen LogP contribution is 2.27. The Bertz CT molecular complexity index is 1300. The molecule has 0 spiro atoms. The summed E-state index contributed by atoms with van der Waals surface area (Å²) in [6.07, 6.45) is 2.79. The molecule has 35 heavy (non-hydrogen) atoms. The van der Waals surface area contributed by atoms with Gasteiger partial charge in [0.25, 0.3) is 0 Å². The first-order valence-corrected chi connectivity index (χ1v) is 12.1. The topological polar surface area (TPSA) is 73.1 Å². The Hall–Kier alpha value is -3.66. The molecule has 4 heterocycles. The van der Waals surface area contributed by atoms with Crippen molar-refractivity contribution in [3.05, 3.63) is 70.3 Å². The number of alkyl halides is 2. The highest BCUT2D eigenvalue weighted by atomic mass is 32.1. The van der Waals surface area contributed by atoms with Gasteiger partial charge in [-0.2, -0.15) is 13.9 Å². The molecular formula is C25H23F2N5O2S. The van der Waals surface area contributed by atoms with Crippen molar-refractivity contribution in [1.82, 2.24) is 24.6 Å². The lowest BCUT2D eigenvalue weighted by Gasteiger charge is -2.20. The number of carbonyl (C=O) groups excluding carboxylic acids is 1. The largest absolute Gasteiger partial charge is 0.433 e. The average Bonchev–Trinajstić information content (AvgIpc) is 3.36. The van der Waals surface area contributed by atoms with E-state index in [1.807, 2.05) is 48.2 Å². The Balaban J connectivity index is 1.39. The summed E-state index contributed by atoms with van der Waals surface area (Å²) in [5.74, 6) is -0.0432. The van der Waals surface area contributed by atoms with Gasteiger partial charge in [-0.15, -0.1) is 11.3 Å². The van der Waals surface area contributed by atoms with E-state index in [0.29, 0.717) is 24.5 Å². The Kier molecular flexibility index (Phi) is 6.54. The molecule has 1 amide bonds.